The van der Waals surface area contributed by atoms with Gasteiger partial charge in [0.25, 0.3) is 0 Å². The van der Waals surface area contributed by atoms with Crippen molar-refractivity contribution in [1.82, 2.24) is 0 Å². The average molecular weight is 303 g/mol. The maximum absolute atomic E-state index is 9.39. The molecule has 1 nitrogen and oxygen atoms in total. The molecule has 0 saturated carbocycles. The lowest BCUT2D eigenvalue weighted by Crippen LogP contribution is -1.82. The van der Waals surface area contributed by atoms with E-state index in [0.29, 0.717) is 5.75 Å². The fraction of sp³-hybridized carbons (Fsp3) is 0.619. The third-order valence-corrected chi connectivity index (χ3v) is 4.16. The number of allylic oxidation sites excluding steroid dienone is 2. The molecule has 0 heterocycles. The summed E-state index contributed by atoms with van der Waals surface area (Å²) in [6.45, 7) is 2.28. The second-order valence-electron chi connectivity index (χ2n) is 6.32. The Balaban J connectivity index is 1.88. The van der Waals surface area contributed by atoms with Gasteiger partial charge < -0.3 is 5.11 Å². The van der Waals surface area contributed by atoms with Crippen LogP contribution in [0.3, 0.4) is 0 Å². The van der Waals surface area contributed by atoms with Crippen LogP contribution < -0.4 is 0 Å². The van der Waals surface area contributed by atoms with Gasteiger partial charge in [0, 0.05) is 0 Å². The quantitative estimate of drug-likeness (QED) is 0.314. The van der Waals surface area contributed by atoms with Crippen molar-refractivity contribution in [2.75, 3.05) is 0 Å². The molecule has 0 aliphatic rings. The van der Waals surface area contributed by atoms with Gasteiger partial charge in [-0.05, 0) is 37.0 Å². The third kappa shape index (κ3) is 10.5. The maximum atomic E-state index is 9.39. The van der Waals surface area contributed by atoms with E-state index in [-0.39, 0.29) is 0 Å². The molecule has 0 unspecified atom stereocenters. The fourth-order valence-corrected chi connectivity index (χ4v) is 2.77. The Hall–Kier alpha value is -1.24. The molecule has 22 heavy (non-hydrogen) atoms. The highest BCUT2D eigenvalue weighted by Crippen LogP contribution is 2.13. The van der Waals surface area contributed by atoms with E-state index < -0.39 is 0 Å². The van der Waals surface area contributed by atoms with Crippen LogP contribution in [0.2, 0.25) is 0 Å². The second-order valence-corrected chi connectivity index (χ2v) is 6.32. The number of rotatable bonds is 13. The topological polar surface area (TPSA) is 20.2 Å². The van der Waals surface area contributed by atoms with Crippen LogP contribution in [0.25, 0.3) is 0 Å². The minimum atomic E-state index is 0.362. The summed E-state index contributed by atoms with van der Waals surface area (Å²) in [5.74, 6) is 0.362. The van der Waals surface area contributed by atoms with Crippen LogP contribution in [0.1, 0.15) is 83.1 Å². The summed E-state index contributed by atoms with van der Waals surface area (Å²) in [6.07, 6.45) is 20.6. The zero-order valence-corrected chi connectivity index (χ0v) is 14.4. The standard InChI is InChI=1S/C21H34O/c1-2-3-4-5-6-7-8-9-10-11-12-13-14-16-20-17-15-18-21(22)19-20/h13-15,17-19,22H,2-12,16H2,1H3. The van der Waals surface area contributed by atoms with E-state index in [2.05, 4.69) is 25.1 Å². The van der Waals surface area contributed by atoms with Crippen molar-refractivity contribution in [3.8, 4) is 5.75 Å². The monoisotopic (exact) mass is 302 g/mol. The summed E-state index contributed by atoms with van der Waals surface area (Å²) in [7, 11) is 0. The first-order valence-electron chi connectivity index (χ1n) is 9.26. The molecule has 124 valence electrons. The van der Waals surface area contributed by atoms with E-state index in [0.717, 1.165) is 6.42 Å². The van der Waals surface area contributed by atoms with Crippen molar-refractivity contribution in [3.05, 3.63) is 42.0 Å². The average Bonchev–Trinajstić information content (AvgIpc) is 2.52. The molecule has 0 atom stereocenters. The van der Waals surface area contributed by atoms with Crippen LogP contribution in [0.4, 0.5) is 0 Å². The summed E-state index contributed by atoms with van der Waals surface area (Å²) < 4.78 is 0. The molecule has 0 aliphatic heterocycles. The van der Waals surface area contributed by atoms with Crippen molar-refractivity contribution in [3.63, 3.8) is 0 Å². The van der Waals surface area contributed by atoms with Gasteiger partial charge in [-0.1, -0.05) is 89.0 Å². The molecule has 1 N–H and O–H groups in total. The fourth-order valence-electron chi connectivity index (χ4n) is 2.77. The highest BCUT2D eigenvalue weighted by molar-refractivity contribution is 5.28. The normalized spacial score (nSPS) is 11.3. The van der Waals surface area contributed by atoms with Gasteiger partial charge in [-0.15, -0.1) is 0 Å². The SMILES string of the molecule is CCCCCCCCCCCCC=CCc1cccc(O)c1. The maximum Gasteiger partial charge on any atom is 0.115 e. The van der Waals surface area contributed by atoms with Gasteiger partial charge in [-0.2, -0.15) is 0 Å². The molecule has 1 aromatic carbocycles. The number of hydrogen-bond acceptors (Lipinski definition) is 1. The van der Waals surface area contributed by atoms with Crippen LogP contribution >= 0.6 is 0 Å². The first kappa shape index (κ1) is 18.8. The summed E-state index contributed by atoms with van der Waals surface area (Å²) in [4.78, 5) is 0. The van der Waals surface area contributed by atoms with Crippen LogP contribution in [-0.2, 0) is 6.42 Å². The zero-order chi connectivity index (χ0) is 15.9. The molecule has 1 aromatic rings. The molecule has 0 bridgehead atoms. The Morgan fingerprint density at radius 2 is 1.45 bits per heavy atom. The van der Waals surface area contributed by atoms with E-state index >= 15 is 0 Å². The lowest BCUT2D eigenvalue weighted by atomic mass is 10.1. The number of phenolic OH excluding ortho intramolecular Hbond substituents is 1. The van der Waals surface area contributed by atoms with Crippen molar-refractivity contribution in [2.45, 2.75) is 84.0 Å². The Bertz CT molecular complexity index is 395. The smallest absolute Gasteiger partial charge is 0.115 e. The summed E-state index contributed by atoms with van der Waals surface area (Å²) in [6, 6.07) is 7.52. The lowest BCUT2D eigenvalue weighted by Gasteiger charge is -2.01. The van der Waals surface area contributed by atoms with Gasteiger partial charge in [0.2, 0.25) is 0 Å². The van der Waals surface area contributed by atoms with Crippen LogP contribution in [0.15, 0.2) is 36.4 Å². The minimum absolute atomic E-state index is 0.362. The van der Waals surface area contributed by atoms with E-state index in [1.54, 1.807) is 6.07 Å². The Labute approximate surface area is 137 Å². The van der Waals surface area contributed by atoms with Crippen molar-refractivity contribution in [2.24, 2.45) is 0 Å². The molecular weight excluding hydrogens is 268 g/mol. The lowest BCUT2D eigenvalue weighted by molar-refractivity contribution is 0.474. The predicted octanol–water partition coefficient (Wildman–Crippen LogP) is 6.80. The molecule has 0 amide bonds. The van der Waals surface area contributed by atoms with Crippen LogP contribution in [0, 0.1) is 0 Å². The molecule has 0 radical (unpaired) electrons. The van der Waals surface area contributed by atoms with Crippen molar-refractivity contribution >= 4 is 0 Å². The molecule has 0 fully saturated rings. The summed E-state index contributed by atoms with van der Waals surface area (Å²) in [5, 5.41) is 9.39. The van der Waals surface area contributed by atoms with Crippen molar-refractivity contribution in [1.29, 1.82) is 0 Å². The van der Waals surface area contributed by atoms with Crippen molar-refractivity contribution < 1.29 is 5.11 Å². The first-order chi connectivity index (χ1) is 10.8. The largest absolute Gasteiger partial charge is 0.508 e. The Morgan fingerprint density at radius 3 is 2.09 bits per heavy atom. The summed E-state index contributed by atoms with van der Waals surface area (Å²) >= 11 is 0. The van der Waals surface area contributed by atoms with Crippen LogP contribution in [-0.4, -0.2) is 5.11 Å². The highest BCUT2D eigenvalue weighted by Gasteiger charge is 1.93. The molecule has 0 saturated heterocycles. The Kier molecular flexibility index (Phi) is 11.5. The molecule has 0 aromatic heterocycles. The number of hydrogen-bond donors (Lipinski definition) is 1. The molecule has 1 heteroatoms. The van der Waals surface area contributed by atoms with E-state index in [4.69, 9.17) is 0 Å². The molecule has 0 spiro atoms. The number of phenols is 1. The number of benzene rings is 1. The van der Waals surface area contributed by atoms with Gasteiger partial charge in [-0.25, -0.2) is 0 Å². The predicted molar refractivity (Wildman–Crippen MR) is 97.4 cm³/mol. The first-order valence-corrected chi connectivity index (χ1v) is 9.26. The minimum Gasteiger partial charge on any atom is -0.508 e. The second kappa shape index (κ2) is 13.4. The highest BCUT2D eigenvalue weighted by atomic mass is 16.3. The van der Waals surface area contributed by atoms with E-state index in [1.165, 1.54) is 76.2 Å². The van der Waals surface area contributed by atoms with Crippen LogP contribution in [0.5, 0.6) is 5.75 Å². The summed E-state index contributed by atoms with van der Waals surface area (Å²) in [5.41, 5.74) is 1.18. The third-order valence-electron chi connectivity index (χ3n) is 4.16. The molecular formula is C21H34O. The van der Waals surface area contributed by atoms with Gasteiger partial charge in [0.05, 0.1) is 0 Å². The van der Waals surface area contributed by atoms with Gasteiger partial charge in [-0.3, -0.25) is 0 Å². The molecule has 0 aliphatic carbocycles. The van der Waals surface area contributed by atoms with Gasteiger partial charge >= 0.3 is 0 Å². The van der Waals surface area contributed by atoms with Gasteiger partial charge in [0.1, 0.15) is 5.75 Å². The van der Waals surface area contributed by atoms with Gasteiger partial charge in [0.15, 0.2) is 0 Å². The zero-order valence-electron chi connectivity index (χ0n) is 14.4. The van der Waals surface area contributed by atoms with E-state index in [9.17, 15) is 5.11 Å². The number of unbranched alkanes of at least 4 members (excludes halogenated alkanes) is 10. The van der Waals surface area contributed by atoms with E-state index in [1.807, 2.05) is 12.1 Å². The molecule has 1 rings (SSSR count). The Morgan fingerprint density at radius 1 is 0.818 bits per heavy atom. The number of aromatic hydroxyl groups is 1.